The quantitative estimate of drug-likeness (QED) is 0.338. The molecule has 0 amide bonds. The molecule has 0 bridgehead atoms. The Kier molecular flexibility index (Phi) is 7.90. The lowest BCUT2D eigenvalue weighted by atomic mass is 9.64. The Bertz CT molecular complexity index is 1480. The number of nitrogens with zero attached hydrogens (tertiary/aromatic N) is 1. The summed E-state index contributed by atoms with van der Waals surface area (Å²) < 4.78 is 12.9. The lowest BCUT2D eigenvalue weighted by Crippen LogP contribution is -2.43. The van der Waals surface area contributed by atoms with Crippen molar-refractivity contribution in [3.8, 4) is 11.5 Å². The first-order valence-corrected chi connectivity index (χ1v) is 15.2. The van der Waals surface area contributed by atoms with E-state index in [1.807, 2.05) is 26.1 Å². The van der Waals surface area contributed by atoms with Gasteiger partial charge in [-0.3, -0.25) is 9.59 Å². The number of ketones is 2. The van der Waals surface area contributed by atoms with Gasteiger partial charge in [0, 0.05) is 48.3 Å². The number of hydrogen-bond acceptors (Lipinski definition) is 6. The summed E-state index contributed by atoms with van der Waals surface area (Å²) in [6, 6.07) is 10.4. The molecule has 0 saturated carbocycles. The van der Waals surface area contributed by atoms with Crippen LogP contribution in [-0.4, -0.2) is 41.2 Å². The van der Waals surface area contributed by atoms with E-state index < -0.39 is 11.9 Å². The van der Waals surface area contributed by atoms with Crippen LogP contribution in [0, 0.1) is 10.8 Å². The van der Waals surface area contributed by atoms with E-state index in [0.29, 0.717) is 46.6 Å². The molecule has 3 aliphatic rings. The van der Waals surface area contributed by atoms with Crippen LogP contribution in [0.5, 0.6) is 11.5 Å². The summed E-state index contributed by atoms with van der Waals surface area (Å²) in [5.74, 6) is -0.273. The van der Waals surface area contributed by atoms with Crippen molar-refractivity contribution in [3.63, 3.8) is 0 Å². The Morgan fingerprint density at radius 1 is 0.929 bits per heavy atom. The number of carboxylic acids is 1. The van der Waals surface area contributed by atoms with Gasteiger partial charge in [-0.1, -0.05) is 39.8 Å². The highest BCUT2D eigenvalue weighted by molar-refractivity contribution is 9.10. The van der Waals surface area contributed by atoms with Crippen LogP contribution >= 0.6 is 15.9 Å². The van der Waals surface area contributed by atoms with E-state index >= 15 is 0 Å². The van der Waals surface area contributed by atoms with Crippen molar-refractivity contribution in [2.24, 2.45) is 10.8 Å². The third kappa shape index (κ3) is 5.65. The lowest BCUT2D eigenvalue weighted by Gasteiger charge is -2.48. The Morgan fingerprint density at radius 2 is 1.48 bits per heavy atom. The fourth-order valence-electron chi connectivity index (χ4n) is 6.55. The van der Waals surface area contributed by atoms with Gasteiger partial charge in [0.1, 0.15) is 6.61 Å². The molecule has 1 N–H and O–H groups in total. The van der Waals surface area contributed by atoms with E-state index in [0.717, 1.165) is 35.4 Å². The Labute approximate surface area is 255 Å². The SMILES string of the molecule is CCOc1cc(C2C3=C(CC(C)(C)CC3=O)N(C)C3=C2C(=O)CC(C)(C)C3)cc(Br)c1OCc1ccc(C(=O)O)cc1. The van der Waals surface area contributed by atoms with Crippen LogP contribution in [0.25, 0.3) is 0 Å². The zero-order valence-corrected chi connectivity index (χ0v) is 26.7. The van der Waals surface area contributed by atoms with Gasteiger partial charge in [-0.2, -0.15) is 0 Å². The minimum atomic E-state index is -0.982. The molecule has 5 rings (SSSR count). The van der Waals surface area contributed by atoms with Gasteiger partial charge < -0.3 is 19.5 Å². The first-order valence-electron chi connectivity index (χ1n) is 14.4. The van der Waals surface area contributed by atoms with Crippen molar-refractivity contribution in [1.82, 2.24) is 4.90 Å². The summed E-state index contributed by atoms with van der Waals surface area (Å²) in [6.45, 7) is 11.0. The van der Waals surface area contributed by atoms with Crippen molar-refractivity contribution in [3.05, 3.63) is 80.1 Å². The molecule has 7 nitrogen and oxygen atoms in total. The molecule has 0 unspecified atom stereocenters. The van der Waals surface area contributed by atoms with Crippen molar-refractivity contribution in [2.75, 3.05) is 13.7 Å². The van der Waals surface area contributed by atoms with Gasteiger partial charge in [0.25, 0.3) is 0 Å². The number of Topliss-reactive ketones (excluding diaryl/α,β-unsaturated/α-hetero) is 2. The number of hydrogen-bond donors (Lipinski definition) is 1. The van der Waals surface area contributed by atoms with E-state index in [2.05, 4.69) is 48.5 Å². The first-order chi connectivity index (χ1) is 19.7. The molecule has 2 aliphatic carbocycles. The molecule has 8 heteroatoms. The Balaban J connectivity index is 1.60. The van der Waals surface area contributed by atoms with E-state index in [1.54, 1.807) is 24.3 Å². The van der Waals surface area contributed by atoms with E-state index in [9.17, 15) is 19.5 Å². The number of carbonyl (C=O) groups is 3. The monoisotopic (exact) mass is 635 g/mol. The van der Waals surface area contributed by atoms with Crippen LogP contribution in [0.15, 0.2) is 63.4 Å². The second-order valence-corrected chi connectivity index (χ2v) is 14.0. The summed E-state index contributed by atoms with van der Waals surface area (Å²) in [5.41, 5.74) is 4.93. The van der Waals surface area contributed by atoms with Crippen molar-refractivity contribution in [1.29, 1.82) is 0 Å². The molecule has 1 aliphatic heterocycles. The zero-order valence-electron chi connectivity index (χ0n) is 25.1. The molecule has 0 fully saturated rings. The summed E-state index contributed by atoms with van der Waals surface area (Å²) in [7, 11) is 2.01. The minimum absolute atomic E-state index is 0.0847. The molecule has 0 saturated heterocycles. The van der Waals surface area contributed by atoms with Gasteiger partial charge in [-0.25, -0.2) is 4.79 Å². The standard InChI is InChI=1S/C34H38BrNO6/c1-7-41-27-13-21(12-22(35)31(27)42-18-19-8-10-20(11-9-19)32(39)40)28-29-23(14-33(2,3)16-25(29)37)36(6)24-15-34(4,5)17-26(38)30(24)28/h8-13,28H,7,14-18H2,1-6H3,(H,39,40). The first kappa shape index (κ1) is 30.1. The van der Waals surface area contributed by atoms with Crippen LogP contribution in [0.4, 0.5) is 0 Å². The summed E-state index contributed by atoms with van der Waals surface area (Å²) in [5, 5.41) is 9.19. The molecule has 1 heterocycles. The maximum Gasteiger partial charge on any atom is 0.335 e. The van der Waals surface area contributed by atoms with Crippen molar-refractivity contribution in [2.45, 2.75) is 72.8 Å². The zero-order chi connectivity index (χ0) is 30.6. The maximum absolute atomic E-state index is 13.8. The molecular formula is C34H38BrNO6. The average molecular weight is 637 g/mol. The number of ether oxygens (including phenoxy) is 2. The molecule has 0 atom stereocenters. The maximum atomic E-state index is 13.8. The fraction of sp³-hybridized carbons (Fsp3) is 0.441. The molecule has 2 aromatic rings. The predicted octanol–water partition coefficient (Wildman–Crippen LogP) is 7.44. The topological polar surface area (TPSA) is 93.1 Å². The molecule has 2 aromatic carbocycles. The van der Waals surface area contributed by atoms with E-state index in [4.69, 9.17) is 9.47 Å². The van der Waals surface area contributed by atoms with Gasteiger partial charge >= 0.3 is 5.97 Å². The number of halogens is 1. The van der Waals surface area contributed by atoms with E-state index in [1.165, 1.54) is 0 Å². The number of carboxylic acid groups (broad SMARTS) is 1. The third-order valence-corrected chi connectivity index (χ3v) is 9.02. The summed E-state index contributed by atoms with van der Waals surface area (Å²) >= 11 is 3.70. The summed E-state index contributed by atoms with van der Waals surface area (Å²) in [4.78, 5) is 41.0. The summed E-state index contributed by atoms with van der Waals surface area (Å²) in [6.07, 6.45) is 2.38. The van der Waals surface area contributed by atoms with Crippen LogP contribution < -0.4 is 9.47 Å². The van der Waals surface area contributed by atoms with Crippen LogP contribution in [0.3, 0.4) is 0 Å². The second kappa shape index (κ2) is 11.0. The highest BCUT2D eigenvalue weighted by Crippen LogP contribution is 2.55. The Hall–Kier alpha value is -3.39. The molecule has 222 valence electrons. The largest absolute Gasteiger partial charge is 0.490 e. The number of aromatic carboxylic acids is 1. The molecule has 0 aromatic heterocycles. The average Bonchev–Trinajstić information content (AvgIpc) is 2.88. The molecular weight excluding hydrogens is 598 g/mol. The highest BCUT2D eigenvalue weighted by Gasteiger charge is 2.48. The van der Waals surface area contributed by atoms with E-state index in [-0.39, 0.29) is 34.6 Å². The van der Waals surface area contributed by atoms with Gasteiger partial charge in [-0.05, 0) is 81.9 Å². The number of allylic oxidation sites excluding steroid dienone is 4. The molecule has 0 radical (unpaired) electrons. The van der Waals surface area contributed by atoms with Gasteiger partial charge in [-0.15, -0.1) is 0 Å². The lowest BCUT2D eigenvalue weighted by molar-refractivity contribution is -0.119. The van der Waals surface area contributed by atoms with Gasteiger partial charge in [0.15, 0.2) is 23.1 Å². The normalized spacial score (nSPS) is 19.9. The second-order valence-electron chi connectivity index (χ2n) is 13.1. The molecule has 0 spiro atoms. The van der Waals surface area contributed by atoms with Gasteiger partial charge in [0.2, 0.25) is 0 Å². The van der Waals surface area contributed by atoms with Crippen molar-refractivity contribution < 1.29 is 29.0 Å². The highest BCUT2D eigenvalue weighted by atomic mass is 79.9. The Morgan fingerprint density at radius 3 is 1.98 bits per heavy atom. The number of carbonyl (C=O) groups excluding carboxylic acids is 2. The minimum Gasteiger partial charge on any atom is -0.490 e. The third-order valence-electron chi connectivity index (χ3n) is 8.43. The van der Waals surface area contributed by atoms with Crippen LogP contribution in [-0.2, 0) is 16.2 Å². The van der Waals surface area contributed by atoms with Crippen molar-refractivity contribution >= 4 is 33.5 Å². The molecule has 42 heavy (non-hydrogen) atoms. The van der Waals surface area contributed by atoms with Crippen LogP contribution in [0.2, 0.25) is 0 Å². The number of rotatable bonds is 7. The van der Waals surface area contributed by atoms with Gasteiger partial charge in [0.05, 0.1) is 16.6 Å². The fourth-order valence-corrected chi connectivity index (χ4v) is 7.13. The number of benzene rings is 2. The van der Waals surface area contributed by atoms with Crippen LogP contribution in [0.1, 0.15) is 87.7 Å². The smallest absolute Gasteiger partial charge is 0.335 e. The predicted molar refractivity (Wildman–Crippen MR) is 164 cm³/mol.